The van der Waals surface area contributed by atoms with E-state index in [4.69, 9.17) is 28.3 Å². The van der Waals surface area contributed by atoms with Crippen LogP contribution in [-0.4, -0.2) is 20.9 Å². The van der Waals surface area contributed by atoms with E-state index in [1.807, 2.05) is 14.0 Å². The Hall–Kier alpha value is -1.17. The molecule has 1 N–H and O–H groups in total. The number of benzene rings is 1. The molecule has 0 aliphatic carbocycles. The molecular weight excluding hydrogens is 331 g/mol. The van der Waals surface area contributed by atoms with Crippen LogP contribution in [0.3, 0.4) is 0 Å². The Bertz CT molecular complexity index is 686. The largest absolute Gasteiger partial charge is 0.478 e. The molecule has 0 unspecified atom stereocenters. The zero-order chi connectivity index (χ0) is 15.6. The number of carbonyl (C=O) groups is 1. The summed E-state index contributed by atoms with van der Waals surface area (Å²) in [5, 5.41) is 14.3. The van der Waals surface area contributed by atoms with E-state index in [1.165, 1.54) is 11.8 Å². The molecule has 1 heterocycles. The van der Waals surface area contributed by atoms with Crippen LogP contribution in [0.25, 0.3) is 0 Å². The quantitative estimate of drug-likeness (QED) is 0.822. The van der Waals surface area contributed by atoms with Gasteiger partial charge in [0.1, 0.15) is 0 Å². The molecule has 4 nitrogen and oxygen atoms in total. The maximum absolute atomic E-state index is 11.1. The molecule has 7 heteroatoms. The standard InChI is InChI=1S/C14H14Cl2N2O2S/c1-3-11-13(16)12(18(2)17-11)7-21-8-4-5-10(15)9(6-8)14(19)20/h4-6H,3,7H2,1-2H3,(H,19,20). The van der Waals surface area contributed by atoms with Crippen LogP contribution in [0, 0.1) is 0 Å². The van der Waals surface area contributed by atoms with E-state index in [1.54, 1.807) is 22.9 Å². The van der Waals surface area contributed by atoms with Crippen LogP contribution < -0.4 is 0 Å². The molecule has 1 aromatic carbocycles. The van der Waals surface area contributed by atoms with Crippen LogP contribution in [0.5, 0.6) is 0 Å². The number of hydrogen-bond donors (Lipinski definition) is 1. The van der Waals surface area contributed by atoms with Crippen molar-refractivity contribution in [1.82, 2.24) is 9.78 Å². The van der Waals surface area contributed by atoms with Crippen molar-refractivity contribution in [2.75, 3.05) is 0 Å². The van der Waals surface area contributed by atoms with Crippen LogP contribution in [-0.2, 0) is 19.2 Å². The molecule has 2 rings (SSSR count). The third-order valence-corrected chi connectivity index (χ3v) is 4.82. The maximum Gasteiger partial charge on any atom is 0.337 e. The van der Waals surface area contributed by atoms with E-state index >= 15 is 0 Å². The van der Waals surface area contributed by atoms with Gasteiger partial charge in [-0.25, -0.2) is 4.79 Å². The lowest BCUT2D eigenvalue weighted by atomic mass is 10.2. The first-order chi connectivity index (χ1) is 9.93. The second-order valence-electron chi connectivity index (χ2n) is 4.42. The van der Waals surface area contributed by atoms with Crippen molar-refractivity contribution < 1.29 is 9.90 Å². The average molecular weight is 345 g/mol. The van der Waals surface area contributed by atoms with Crippen molar-refractivity contribution in [3.8, 4) is 0 Å². The highest BCUT2D eigenvalue weighted by molar-refractivity contribution is 7.98. The van der Waals surface area contributed by atoms with E-state index < -0.39 is 5.97 Å². The molecule has 0 radical (unpaired) electrons. The highest BCUT2D eigenvalue weighted by atomic mass is 35.5. The highest BCUT2D eigenvalue weighted by Gasteiger charge is 2.14. The molecule has 0 bridgehead atoms. The first kappa shape index (κ1) is 16.2. The second kappa shape index (κ2) is 6.73. The fourth-order valence-corrected chi connectivity index (χ4v) is 3.52. The van der Waals surface area contributed by atoms with E-state index in [2.05, 4.69) is 5.10 Å². The van der Waals surface area contributed by atoms with Gasteiger partial charge in [0.25, 0.3) is 0 Å². The minimum absolute atomic E-state index is 0.104. The molecule has 0 spiro atoms. The lowest BCUT2D eigenvalue weighted by Gasteiger charge is -2.05. The average Bonchev–Trinajstić information content (AvgIpc) is 2.72. The fraction of sp³-hybridized carbons (Fsp3) is 0.286. The third-order valence-electron chi connectivity index (χ3n) is 3.05. The molecular formula is C14H14Cl2N2O2S. The summed E-state index contributed by atoms with van der Waals surface area (Å²) in [4.78, 5) is 11.9. The Kier molecular flexibility index (Phi) is 5.19. The lowest BCUT2D eigenvalue weighted by molar-refractivity contribution is 0.0697. The summed E-state index contributed by atoms with van der Waals surface area (Å²) in [5.41, 5.74) is 1.90. The summed E-state index contributed by atoms with van der Waals surface area (Å²) in [7, 11) is 1.85. The summed E-state index contributed by atoms with van der Waals surface area (Å²) in [5.74, 6) is -0.419. The predicted octanol–water partition coefficient (Wildman–Crippen LogP) is 4.28. The molecule has 0 fully saturated rings. The van der Waals surface area contributed by atoms with Crippen LogP contribution in [0.1, 0.15) is 28.7 Å². The minimum Gasteiger partial charge on any atom is -0.478 e. The van der Waals surface area contributed by atoms with E-state index in [9.17, 15) is 4.79 Å². The SMILES string of the molecule is CCc1nn(C)c(CSc2ccc(Cl)c(C(=O)O)c2)c1Cl. The molecule has 0 aliphatic heterocycles. The smallest absolute Gasteiger partial charge is 0.337 e. The minimum atomic E-state index is -1.03. The first-order valence-corrected chi connectivity index (χ1v) is 8.04. The van der Waals surface area contributed by atoms with E-state index in [-0.39, 0.29) is 10.6 Å². The molecule has 0 saturated heterocycles. The number of nitrogens with zero attached hydrogens (tertiary/aromatic N) is 2. The molecule has 0 atom stereocenters. The zero-order valence-electron chi connectivity index (χ0n) is 11.6. The van der Waals surface area contributed by atoms with Gasteiger partial charge in [-0.1, -0.05) is 30.1 Å². The van der Waals surface area contributed by atoms with Gasteiger partial charge < -0.3 is 5.11 Å². The molecule has 1 aromatic heterocycles. The molecule has 0 saturated carbocycles. The Morgan fingerprint density at radius 1 is 1.43 bits per heavy atom. The molecule has 0 aliphatic rings. The van der Waals surface area contributed by atoms with Crippen LogP contribution in [0.4, 0.5) is 0 Å². The van der Waals surface area contributed by atoms with Crippen molar-refractivity contribution in [2.24, 2.45) is 7.05 Å². The normalized spacial score (nSPS) is 10.9. The number of carboxylic acid groups (broad SMARTS) is 1. The third kappa shape index (κ3) is 3.54. The Morgan fingerprint density at radius 3 is 2.71 bits per heavy atom. The number of aromatic carboxylic acids is 1. The number of aromatic nitrogens is 2. The molecule has 21 heavy (non-hydrogen) atoms. The zero-order valence-corrected chi connectivity index (χ0v) is 13.9. The van der Waals surface area contributed by atoms with Crippen molar-refractivity contribution in [1.29, 1.82) is 0 Å². The Labute approximate surface area is 137 Å². The van der Waals surface area contributed by atoms with Crippen LogP contribution >= 0.6 is 35.0 Å². The van der Waals surface area contributed by atoms with Crippen molar-refractivity contribution in [3.05, 3.63) is 45.2 Å². The predicted molar refractivity (Wildman–Crippen MR) is 85.6 cm³/mol. The summed E-state index contributed by atoms with van der Waals surface area (Å²) >= 11 is 13.6. The van der Waals surface area contributed by atoms with Gasteiger partial charge in [-0.15, -0.1) is 11.8 Å². The maximum atomic E-state index is 11.1. The van der Waals surface area contributed by atoms with E-state index in [0.29, 0.717) is 10.8 Å². The van der Waals surface area contributed by atoms with E-state index in [0.717, 1.165) is 22.7 Å². The van der Waals surface area contributed by atoms with Gasteiger partial charge in [0.05, 0.1) is 27.0 Å². The Morgan fingerprint density at radius 2 is 2.14 bits per heavy atom. The number of rotatable bonds is 5. The molecule has 112 valence electrons. The fourth-order valence-electron chi connectivity index (χ4n) is 1.89. The van der Waals surface area contributed by atoms with Gasteiger partial charge in [0, 0.05) is 17.7 Å². The monoisotopic (exact) mass is 344 g/mol. The molecule has 0 amide bonds. The Balaban J connectivity index is 2.19. The highest BCUT2D eigenvalue weighted by Crippen LogP contribution is 2.30. The summed E-state index contributed by atoms with van der Waals surface area (Å²) in [6, 6.07) is 4.96. The van der Waals surface area contributed by atoms with Gasteiger partial charge in [-0.3, -0.25) is 4.68 Å². The topological polar surface area (TPSA) is 55.1 Å². The van der Waals surface area contributed by atoms with Crippen molar-refractivity contribution in [3.63, 3.8) is 0 Å². The number of carboxylic acids is 1. The number of thioether (sulfide) groups is 1. The van der Waals surface area contributed by atoms with Crippen molar-refractivity contribution >= 4 is 40.9 Å². The van der Waals surface area contributed by atoms with Gasteiger partial charge in [-0.05, 0) is 24.6 Å². The second-order valence-corrected chi connectivity index (χ2v) is 6.25. The number of aryl methyl sites for hydroxylation is 2. The summed E-state index contributed by atoms with van der Waals surface area (Å²) in [6.45, 7) is 2.00. The van der Waals surface area contributed by atoms with Crippen molar-refractivity contribution in [2.45, 2.75) is 24.0 Å². The number of halogens is 2. The lowest BCUT2D eigenvalue weighted by Crippen LogP contribution is -1.98. The first-order valence-electron chi connectivity index (χ1n) is 6.30. The van der Waals surface area contributed by atoms with Crippen LogP contribution in [0.15, 0.2) is 23.1 Å². The van der Waals surface area contributed by atoms with Gasteiger partial charge in [0.15, 0.2) is 0 Å². The van der Waals surface area contributed by atoms with Gasteiger partial charge in [-0.2, -0.15) is 5.10 Å². The van der Waals surface area contributed by atoms with Gasteiger partial charge >= 0.3 is 5.97 Å². The summed E-state index contributed by atoms with van der Waals surface area (Å²) < 4.78 is 1.77. The molecule has 2 aromatic rings. The van der Waals surface area contributed by atoms with Crippen LogP contribution in [0.2, 0.25) is 10.0 Å². The summed E-state index contributed by atoms with van der Waals surface area (Å²) in [6.07, 6.45) is 0.779. The number of hydrogen-bond acceptors (Lipinski definition) is 3. The van der Waals surface area contributed by atoms with Gasteiger partial charge in [0.2, 0.25) is 0 Å².